The van der Waals surface area contributed by atoms with Crippen LogP contribution in [-0.2, 0) is 14.8 Å². The molecule has 0 aromatic heterocycles. The molecule has 7 nitrogen and oxygen atoms in total. The van der Waals surface area contributed by atoms with E-state index in [1.165, 1.54) is 41.6 Å². The van der Waals surface area contributed by atoms with E-state index in [-0.39, 0.29) is 37.0 Å². The minimum atomic E-state index is -3.81. The van der Waals surface area contributed by atoms with E-state index >= 15 is 0 Å². The van der Waals surface area contributed by atoms with Crippen molar-refractivity contribution in [1.29, 1.82) is 0 Å². The second-order valence-electron chi connectivity index (χ2n) is 6.27. The highest BCUT2D eigenvalue weighted by molar-refractivity contribution is 7.89. The number of rotatable bonds is 4. The SMILES string of the molecule is CC(=O)Oc1ccc(C(=O)N2CCN(S(=O)(=O)c3cccc(F)c3)CC2)cc1. The maximum Gasteiger partial charge on any atom is 0.308 e. The summed E-state index contributed by atoms with van der Waals surface area (Å²) in [5.74, 6) is -0.964. The van der Waals surface area contributed by atoms with E-state index in [1.54, 1.807) is 17.0 Å². The van der Waals surface area contributed by atoms with Crippen LogP contribution in [0.5, 0.6) is 5.75 Å². The highest BCUT2D eigenvalue weighted by Crippen LogP contribution is 2.20. The van der Waals surface area contributed by atoms with Gasteiger partial charge in [-0.25, -0.2) is 12.8 Å². The van der Waals surface area contributed by atoms with Gasteiger partial charge in [-0.05, 0) is 42.5 Å². The molecule has 2 aromatic rings. The Balaban J connectivity index is 1.64. The van der Waals surface area contributed by atoms with E-state index in [0.29, 0.717) is 11.3 Å². The molecule has 0 atom stereocenters. The number of sulfonamides is 1. The molecule has 0 unspecified atom stereocenters. The van der Waals surface area contributed by atoms with Gasteiger partial charge in [0.05, 0.1) is 4.90 Å². The standard InChI is InChI=1S/C19H19FN2O5S/c1-14(23)27-17-7-5-15(6-8-17)19(24)21-9-11-22(12-10-21)28(25,26)18-4-2-3-16(20)13-18/h2-8,13H,9-12H2,1H3. The zero-order chi connectivity index (χ0) is 20.3. The van der Waals surface area contributed by atoms with E-state index < -0.39 is 21.8 Å². The number of piperazine rings is 1. The molecule has 1 heterocycles. The fraction of sp³-hybridized carbons (Fsp3) is 0.263. The van der Waals surface area contributed by atoms with Crippen molar-refractivity contribution in [2.24, 2.45) is 0 Å². The van der Waals surface area contributed by atoms with Crippen molar-refractivity contribution in [2.45, 2.75) is 11.8 Å². The molecule has 1 saturated heterocycles. The molecule has 28 heavy (non-hydrogen) atoms. The minimum Gasteiger partial charge on any atom is -0.427 e. The first-order chi connectivity index (χ1) is 13.3. The molecular weight excluding hydrogens is 387 g/mol. The van der Waals surface area contributed by atoms with Crippen LogP contribution >= 0.6 is 0 Å². The van der Waals surface area contributed by atoms with Crippen LogP contribution in [0.15, 0.2) is 53.4 Å². The van der Waals surface area contributed by atoms with Gasteiger partial charge >= 0.3 is 5.97 Å². The molecule has 1 fully saturated rings. The first kappa shape index (κ1) is 20.0. The maximum absolute atomic E-state index is 13.4. The third-order valence-corrected chi connectivity index (χ3v) is 6.22. The predicted octanol–water partition coefficient (Wildman–Crippen LogP) is 1.90. The van der Waals surface area contributed by atoms with Crippen LogP contribution in [0.2, 0.25) is 0 Å². The third kappa shape index (κ3) is 4.37. The fourth-order valence-corrected chi connectivity index (χ4v) is 4.38. The second kappa shape index (κ2) is 8.07. The molecule has 0 saturated carbocycles. The van der Waals surface area contributed by atoms with Crippen molar-refractivity contribution in [3.63, 3.8) is 0 Å². The van der Waals surface area contributed by atoms with Crippen LogP contribution in [0, 0.1) is 5.82 Å². The smallest absolute Gasteiger partial charge is 0.308 e. The van der Waals surface area contributed by atoms with Crippen molar-refractivity contribution < 1.29 is 27.1 Å². The lowest BCUT2D eigenvalue weighted by molar-refractivity contribution is -0.131. The van der Waals surface area contributed by atoms with E-state index in [2.05, 4.69) is 0 Å². The number of carbonyl (C=O) groups excluding carboxylic acids is 2. The average molecular weight is 406 g/mol. The summed E-state index contributed by atoms with van der Waals surface area (Å²) in [4.78, 5) is 25.0. The summed E-state index contributed by atoms with van der Waals surface area (Å²) < 4.78 is 44.8. The summed E-state index contributed by atoms with van der Waals surface area (Å²) in [6.45, 7) is 1.97. The molecule has 0 N–H and O–H groups in total. The molecule has 0 aliphatic carbocycles. The largest absolute Gasteiger partial charge is 0.427 e. The number of esters is 1. The van der Waals surface area contributed by atoms with Crippen LogP contribution in [-0.4, -0.2) is 55.7 Å². The number of nitrogens with zero attached hydrogens (tertiary/aromatic N) is 2. The molecule has 148 valence electrons. The van der Waals surface area contributed by atoms with Gasteiger partial charge in [0, 0.05) is 38.7 Å². The van der Waals surface area contributed by atoms with Crippen molar-refractivity contribution in [3.8, 4) is 5.75 Å². The van der Waals surface area contributed by atoms with Crippen LogP contribution in [0.25, 0.3) is 0 Å². The van der Waals surface area contributed by atoms with Crippen molar-refractivity contribution in [2.75, 3.05) is 26.2 Å². The van der Waals surface area contributed by atoms with Crippen molar-refractivity contribution in [1.82, 2.24) is 9.21 Å². The molecule has 0 bridgehead atoms. The Kier molecular flexibility index (Phi) is 5.76. The summed E-state index contributed by atoms with van der Waals surface area (Å²) in [7, 11) is -3.81. The first-order valence-electron chi connectivity index (χ1n) is 8.61. The topological polar surface area (TPSA) is 84.0 Å². The summed E-state index contributed by atoms with van der Waals surface area (Å²) in [6, 6.07) is 11.0. The Hall–Kier alpha value is -2.78. The number of benzene rings is 2. The third-order valence-electron chi connectivity index (χ3n) is 4.32. The normalized spacial score (nSPS) is 15.3. The van der Waals surface area contributed by atoms with E-state index in [0.717, 1.165) is 6.07 Å². The fourth-order valence-electron chi connectivity index (χ4n) is 2.92. The van der Waals surface area contributed by atoms with Gasteiger partial charge in [-0.2, -0.15) is 4.31 Å². The Morgan fingerprint density at radius 2 is 1.64 bits per heavy atom. The Morgan fingerprint density at radius 1 is 1.00 bits per heavy atom. The van der Waals surface area contributed by atoms with Crippen LogP contribution in [0.1, 0.15) is 17.3 Å². The average Bonchev–Trinajstić information content (AvgIpc) is 2.68. The van der Waals surface area contributed by atoms with E-state index in [9.17, 15) is 22.4 Å². The maximum atomic E-state index is 13.4. The Labute approximate surface area is 162 Å². The van der Waals surface area contributed by atoms with Gasteiger partial charge in [0.2, 0.25) is 10.0 Å². The molecule has 9 heteroatoms. The lowest BCUT2D eigenvalue weighted by Crippen LogP contribution is -2.50. The Morgan fingerprint density at radius 3 is 2.21 bits per heavy atom. The second-order valence-corrected chi connectivity index (χ2v) is 8.21. The summed E-state index contributed by atoms with van der Waals surface area (Å²) in [5, 5.41) is 0. The van der Waals surface area contributed by atoms with E-state index in [4.69, 9.17) is 4.74 Å². The quantitative estimate of drug-likeness (QED) is 0.572. The number of halogens is 1. The highest BCUT2D eigenvalue weighted by atomic mass is 32.2. The van der Waals surface area contributed by atoms with E-state index in [1.807, 2.05) is 0 Å². The van der Waals surface area contributed by atoms with Crippen LogP contribution in [0.4, 0.5) is 4.39 Å². The molecule has 1 aliphatic heterocycles. The van der Waals surface area contributed by atoms with Gasteiger partial charge in [0.1, 0.15) is 11.6 Å². The van der Waals surface area contributed by atoms with Gasteiger partial charge < -0.3 is 9.64 Å². The first-order valence-corrected chi connectivity index (χ1v) is 10.0. The highest BCUT2D eigenvalue weighted by Gasteiger charge is 2.30. The van der Waals surface area contributed by atoms with Crippen molar-refractivity contribution in [3.05, 3.63) is 59.9 Å². The molecule has 2 aromatic carbocycles. The molecule has 1 amide bonds. The Bertz CT molecular complexity index is 984. The lowest BCUT2D eigenvalue weighted by Gasteiger charge is -2.34. The van der Waals surface area contributed by atoms with Crippen LogP contribution in [0.3, 0.4) is 0 Å². The summed E-state index contributed by atoms with van der Waals surface area (Å²) in [5.41, 5.74) is 0.414. The number of ether oxygens (including phenoxy) is 1. The molecule has 0 spiro atoms. The zero-order valence-corrected chi connectivity index (χ0v) is 16.0. The summed E-state index contributed by atoms with van der Waals surface area (Å²) >= 11 is 0. The van der Waals surface area contributed by atoms with Gasteiger partial charge in [0.25, 0.3) is 5.91 Å². The number of hydrogen-bond donors (Lipinski definition) is 0. The zero-order valence-electron chi connectivity index (χ0n) is 15.2. The predicted molar refractivity (Wildman–Crippen MR) is 98.8 cm³/mol. The molecule has 0 radical (unpaired) electrons. The van der Waals surface area contributed by atoms with Gasteiger partial charge in [-0.3, -0.25) is 9.59 Å². The lowest BCUT2D eigenvalue weighted by atomic mass is 10.2. The monoisotopic (exact) mass is 406 g/mol. The molecule has 3 rings (SSSR count). The van der Waals surface area contributed by atoms with Gasteiger partial charge in [-0.1, -0.05) is 6.07 Å². The summed E-state index contributed by atoms with van der Waals surface area (Å²) in [6.07, 6.45) is 0. The molecular formula is C19H19FN2O5S. The van der Waals surface area contributed by atoms with Crippen molar-refractivity contribution >= 4 is 21.9 Å². The number of hydrogen-bond acceptors (Lipinski definition) is 5. The van der Waals surface area contributed by atoms with Gasteiger partial charge in [-0.15, -0.1) is 0 Å². The number of amides is 1. The minimum absolute atomic E-state index is 0.103. The molecule has 1 aliphatic rings. The number of carbonyl (C=O) groups is 2. The van der Waals surface area contributed by atoms with Gasteiger partial charge in [0.15, 0.2) is 0 Å². The van der Waals surface area contributed by atoms with Crippen LogP contribution < -0.4 is 4.74 Å².